The smallest absolute Gasteiger partial charge is 0.387 e. The summed E-state index contributed by atoms with van der Waals surface area (Å²) in [6.07, 6.45) is -0.730. The van der Waals surface area contributed by atoms with Crippen molar-refractivity contribution in [3.63, 3.8) is 0 Å². The Hall–Kier alpha value is -2.83. The molecule has 0 aromatic heterocycles. The maximum absolute atomic E-state index is 12.3. The maximum atomic E-state index is 12.3. The minimum Gasteiger partial charge on any atom is -0.497 e. The van der Waals surface area contributed by atoms with Gasteiger partial charge in [-0.3, -0.25) is 4.79 Å². The number of carbonyl (C=O) groups is 1. The van der Waals surface area contributed by atoms with Gasteiger partial charge in [0.2, 0.25) is 0 Å². The van der Waals surface area contributed by atoms with E-state index in [4.69, 9.17) is 9.47 Å². The zero-order valence-electron chi connectivity index (χ0n) is 14.7. The van der Waals surface area contributed by atoms with Crippen molar-refractivity contribution in [1.82, 2.24) is 5.32 Å². The molecule has 2 atom stereocenters. The van der Waals surface area contributed by atoms with Crippen molar-refractivity contribution in [3.8, 4) is 17.2 Å². The number of hydrogen-bond donors (Lipinski definition) is 1. The number of methoxy groups -OCH3 is 1. The molecule has 0 aliphatic carbocycles. The molecule has 0 aliphatic heterocycles. The first-order valence-corrected chi connectivity index (χ1v) is 8.05. The molecule has 1 amide bonds. The van der Waals surface area contributed by atoms with Gasteiger partial charge in [0.05, 0.1) is 13.2 Å². The second-order valence-electron chi connectivity index (χ2n) is 5.62. The normalized spacial score (nSPS) is 13.0. The highest BCUT2D eigenvalue weighted by Gasteiger charge is 2.18. The van der Waals surface area contributed by atoms with Gasteiger partial charge in [-0.15, -0.1) is 0 Å². The molecule has 7 heteroatoms. The summed E-state index contributed by atoms with van der Waals surface area (Å²) in [5.74, 6) is 0.942. The van der Waals surface area contributed by atoms with Crippen molar-refractivity contribution in [1.29, 1.82) is 0 Å². The molecule has 0 saturated carbocycles. The van der Waals surface area contributed by atoms with E-state index in [2.05, 4.69) is 10.1 Å². The van der Waals surface area contributed by atoms with Gasteiger partial charge in [-0.25, -0.2) is 0 Å². The molecule has 2 aromatic carbocycles. The van der Waals surface area contributed by atoms with Gasteiger partial charge in [-0.2, -0.15) is 8.78 Å². The van der Waals surface area contributed by atoms with Crippen molar-refractivity contribution in [2.75, 3.05) is 7.11 Å². The molecule has 140 valence electrons. The van der Waals surface area contributed by atoms with Gasteiger partial charge in [-0.05, 0) is 55.8 Å². The SMILES string of the molecule is COc1ccc(OC(C)C(=O)NC(C)c2cccc(OC(F)F)c2)cc1. The highest BCUT2D eigenvalue weighted by molar-refractivity contribution is 5.81. The van der Waals surface area contributed by atoms with Crippen LogP contribution >= 0.6 is 0 Å². The Morgan fingerprint density at radius 2 is 1.62 bits per heavy atom. The second kappa shape index (κ2) is 9.03. The Bertz CT molecular complexity index is 722. The molecule has 0 spiro atoms. The van der Waals surface area contributed by atoms with E-state index in [1.807, 2.05) is 0 Å². The summed E-state index contributed by atoms with van der Waals surface area (Å²) in [5, 5.41) is 2.79. The standard InChI is InChI=1S/C19H21F2NO4/c1-12(14-5-4-6-17(11-14)26-19(20)21)22-18(23)13(2)25-16-9-7-15(24-3)8-10-16/h4-13,19H,1-3H3,(H,22,23). The van der Waals surface area contributed by atoms with Gasteiger partial charge in [-0.1, -0.05) is 12.1 Å². The van der Waals surface area contributed by atoms with Crippen LogP contribution in [0.2, 0.25) is 0 Å². The summed E-state index contributed by atoms with van der Waals surface area (Å²) in [6, 6.07) is 12.7. The van der Waals surface area contributed by atoms with Crippen LogP contribution in [-0.4, -0.2) is 25.7 Å². The van der Waals surface area contributed by atoms with Gasteiger partial charge in [0, 0.05) is 0 Å². The molecular weight excluding hydrogens is 344 g/mol. The largest absolute Gasteiger partial charge is 0.497 e. The number of ether oxygens (including phenoxy) is 3. The van der Waals surface area contributed by atoms with Crippen molar-refractivity contribution in [2.45, 2.75) is 32.6 Å². The molecule has 5 nitrogen and oxygen atoms in total. The number of halogens is 2. The van der Waals surface area contributed by atoms with Gasteiger partial charge in [0.1, 0.15) is 17.2 Å². The highest BCUT2D eigenvalue weighted by atomic mass is 19.3. The lowest BCUT2D eigenvalue weighted by atomic mass is 10.1. The van der Waals surface area contributed by atoms with Crippen LogP contribution in [0.3, 0.4) is 0 Å². The van der Waals surface area contributed by atoms with E-state index in [0.717, 1.165) is 0 Å². The summed E-state index contributed by atoms with van der Waals surface area (Å²) in [4.78, 5) is 12.3. The minimum atomic E-state index is -2.90. The van der Waals surface area contributed by atoms with Crippen LogP contribution < -0.4 is 19.5 Å². The molecular formula is C19H21F2NO4. The Balaban J connectivity index is 1.94. The predicted octanol–water partition coefficient (Wildman–Crippen LogP) is 3.94. The zero-order chi connectivity index (χ0) is 19.1. The van der Waals surface area contributed by atoms with E-state index in [1.54, 1.807) is 57.4 Å². The molecule has 0 fully saturated rings. The third-order valence-electron chi connectivity index (χ3n) is 3.68. The molecule has 0 radical (unpaired) electrons. The average molecular weight is 365 g/mol. The van der Waals surface area contributed by atoms with E-state index in [1.165, 1.54) is 12.1 Å². The molecule has 0 saturated heterocycles. The Labute approximate surface area is 150 Å². The Morgan fingerprint density at radius 1 is 0.962 bits per heavy atom. The first kappa shape index (κ1) is 19.5. The van der Waals surface area contributed by atoms with Crippen LogP contribution in [0.1, 0.15) is 25.5 Å². The number of nitrogens with one attached hydrogen (secondary N) is 1. The predicted molar refractivity (Wildman–Crippen MR) is 92.7 cm³/mol. The van der Waals surface area contributed by atoms with E-state index in [-0.39, 0.29) is 11.7 Å². The molecule has 2 unspecified atom stereocenters. The summed E-state index contributed by atoms with van der Waals surface area (Å²) >= 11 is 0. The molecule has 0 heterocycles. The highest BCUT2D eigenvalue weighted by Crippen LogP contribution is 2.21. The van der Waals surface area contributed by atoms with Crippen molar-refractivity contribution < 1.29 is 27.8 Å². The molecule has 2 rings (SSSR count). The molecule has 0 bridgehead atoms. The lowest BCUT2D eigenvalue weighted by Gasteiger charge is -2.19. The number of carbonyl (C=O) groups excluding carboxylic acids is 1. The summed E-state index contributed by atoms with van der Waals surface area (Å²) in [6.45, 7) is 0.482. The number of rotatable bonds is 8. The maximum Gasteiger partial charge on any atom is 0.387 e. The van der Waals surface area contributed by atoms with Crippen LogP contribution in [0.15, 0.2) is 48.5 Å². The van der Waals surface area contributed by atoms with Gasteiger partial charge in [0.15, 0.2) is 6.10 Å². The van der Waals surface area contributed by atoms with Crippen molar-refractivity contribution in [2.24, 2.45) is 0 Å². The van der Waals surface area contributed by atoms with Gasteiger partial charge < -0.3 is 19.5 Å². The summed E-state index contributed by atoms with van der Waals surface area (Å²) in [7, 11) is 1.56. The van der Waals surface area contributed by atoms with Crippen molar-refractivity contribution in [3.05, 3.63) is 54.1 Å². The fourth-order valence-corrected chi connectivity index (χ4v) is 2.29. The molecule has 0 aliphatic rings. The average Bonchev–Trinajstić information content (AvgIpc) is 2.62. The zero-order valence-corrected chi connectivity index (χ0v) is 14.7. The van der Waals surface area contributed by atoms with Crippen molar-refractivity contribution >= 4 is 5.91 Å². The molecule has 26 heavy (non-hydrogen) atoms. The van der Waals surface area contributed by atoms with E-state index in [9.17, 15) is 13.6 Å². The van der Waals surface area contributed by atoms with E-state index >= 15 is 0 Å². The van der Waals surface area contributed by atoms with Gasteiger partial charge in [0.25, 0.3) is 5.91 Å². The third-order valence-corrected chi connectivity index (χ3v) is 3.68. The number of alkyl halides is 2. The minimum absolute atomic E-state index is 0.0427. The lowest BCUT2D eigenvalue weighted by Crippen LogP contribution is -2.37. The van der Waals surface area contributed by atoms with Crippen LogP contribution in [0.25, 0.3) is 0 Å². The van der Waals surface area contributed by atoms with Crippen LogP contribution in [-0.2, 0) is 4.79 Å². The van der Waals surface area contributed by atoms with Crippen LogP contribution in [0.4, 0.5) is 8.78 Å². The summed E-state index contributed by atoms with van der Waals surface area (Å²) < 4.78 is 39.7. The first-order chi connectivity index (χ1) is 12.4. The number of amides is 1. The van der Waals surface area contributed by atoms with E-state index < -0.39 is 18.8 Å². The lowest BCUT2D eigenvalue weighted by molar-refractivity contribution is -0.127. The second-order valence-corrected chi connectivity index (χ2v) is 5.62. The third kappa shape index (κ3) is 5.61. The fourth-order valence-electron chi connectivity index (χ4n) is 2.29. The Morgan fingerprint density at radius 3 is 2.23 bits per heavy atom. The fraction of sp³-hybridized carbons (Fsp3) is 0.316. The molecule has 2 aromatic rings. The van der Waals surface area contributed by atoms with Gasteiger partial charge >= 0.3 is 6.61 Å². The topological polar surface area (TPSA) is 56.8 Å². The quantitative estimate of drug-likeness (QED) is 0.770. The van der Waals surface area contributed by atoms with E-state index in [0.29, 0.717) is 17.1 Å². The van der Waals surface area contributed by atoms with Crippen LogP contribution in [0.5, 0.6) is 17.2 Å². The molecule has 1 N–H and O–H groups in total. The Kier molecular flexibility index (Phi) is 6.77. The number of hydrogen-bond acceptors (Lipinski definition) is 4. The first-order valence-electron chi connectivity index (χ1n) is 8.05. The number of benzene rings is 2. The monoisotopic (exact) mass is 365 g/mol. The summed E-state index contributed by atoms with van der Waals surface area (Å²) in [5.41, 5.74) is 0.646. The van der Waals surface area contributed by atoms with Crippen LogP contribution in [0, 0.1) is 0 Å².